The summed E-state index contributed by atoms with van der Waals surface area (Å²) in [7, 11) is 1.40. The Kier molecular flexibility index (Phi) is 3.93. The molecule has 4 nitrogen and oxygen atoms in total. The van der Waals surface area contributed by atoms with E-state index in [4.69, 9.17) is 4.74 Å². The van der Waals surface area contributed by atoms with Crippen LogP contribution in [-0.4, -0.2) is 22.9 Å². The maximum atomic E-state index is 11.5. The van der Waals surface area contributed by atoms with Crippen LogP contribution in [0.15, 0.2) is 18.2 Å². The highest BCUT2D eigenvalue weighted by Gasteiger charge is 2.16. The topological polar surface area (TPSA) is 44.1 Å². The second-order valence-corrected chi connectivity index (χ2v) is 5.16. The van der Waals surface area contributed by atoms with Gasteiger partial charge in [0.1, 0.15) is 0 Å². The third kappa shape index (κ3) is 2.74. The highest BCUT2D eigenvalue weighted by atomic mass is 16.5. The molecule has 0 unspecified atom stereocenters. The van der Waals surface area contributed by atoms with Crippen LogP contribution in [0.4, 0.5) is 0 Å². The van der Waals surface area contributed by atoms with Gasteiger partial charge in [-0.3, -0.25) is 4.79 Å². The molecule has 0 fully saturated rings. The second-order valence-electron chi connectivity index (χ2n) is 5.16. The Bertz CT molecular complexity index is 636. The summed E-state index contributed by atoms with van der Waals surface area (Å²) in [6, 6.07) is 6.31. The van der Waals surface area contributed by atoms with Crippen molar-refractivity contribution in [3.8, 4) is 5.69 Å². The van der Waals surface area contributed by atoms with Crippen LogP contribution in [0.5, 0.6) is 0 Å². The van der Waals surface area contributed by atoms with Crippen LogP contribution >= 0.6 is 0 Å². The van der Waals surface area contributed by atoms with Gasteiger partial charge in [0.15, 0.2) is 0 Å². The number of benzene rings is 1. The van der Waals surface area contributed by atoms with E-state index in [1.54, 1.807) is 0 Å². The highest BCUT2D eigenvalue weighted by molar-refractivity contribution is 5.73. The zero-order chi connectivity index (χ0) is 14.9. The lowest BCUT2D eigenvalue weighted by Crippen LogP contribution is -2.06. The van der Waals surface area contributed by atoms with Crippen LogP contribution in [0.25, 0.3) is 5.69 Å². The van der Waals surface area contributed by atoms with E-state index in [-0.39, 0.29) is 12.4 Å². The van der Waals surface area contributed by atoms with Crippen LogP contribution in [-0.2, 0) is 16.0 Å². The molecular weight excluding hydrogens is 252 g/mol. The van der Waals surface area contributed by atoms with Gasteiger partial charge in [0.05, 0.1) is 24.9 Å². The molecule has 106 valence electrons. The normalized spacial score (nSPS) is 10.7. The molecule has 0 aliphatic heterocycles. The van der Waals surface area contributed by atoms with E-state index in [1.165, 1.54) is 18.2 Å². The van der Waals surface area contributed by atoms with Gasteiger partial charge in [-0.2, -0.15) is 5.10 Å². The number of nitrogens with zero attached hydrogens (tertiary/aromatic N) is 2. The SMILES string of the molecule is COC(=O)Cc1c(C)nn(-c2cc(C)cc(C)c2)c1C. The number of carbonyl (C=O) groups excluding carboxylic acids is 1. The van der Waals surface area contributed by atoms with Crippen molar-refractivity contribution in [3.05, 3.63) is 46.3 Å². The molecule has 1 aromatic carbocycles. The van der Waals surface area contributed by atoms with E-state index in [9.17, 15) is 4.79 Å². The predicted molar refractivity (Wildman–Crippen MR) is 78.2 cm³/mol. The average Bonchev–Trinajstić information content (AvgIpc) is 2.65. The molecule has 0 N–H and O–H groups in total. The maximum Gasteiger partial charge on any atom is 0.310 e. The minimum absolute atomic E-state index is 0.240. The molecule has 0 radical (unpaired) electrons. The minimum atomic E-state index is -0.240. The summed E-state index contributed by atoms with van der Waals surface area (Å²) < 4.78 is 6.64. The predicted octanol–water partition coefficient (Wildman–Crippen LogP) is 2.82. The van der Waals surface area contributed by atoms with Gasteiger partial charge in [-0.25, -0.2) is 4.68 Å². The van der Waals surface area contributed by atoms with Crippen molar-refractivity contribution < 1.29 is 9.53 Å². The molecule has 0 bridgehead atoms. The Morgan fingerprint density at radius 1 is 1.15 bits per heavy atom. The van der Waals surface area contributed by atoms with Gasteiger partial charge in [0.2, 0.25) is 0 Å². The molecule has 0 saturated heterocycles. The summed E-state index contributed by atoms with van der Waals surface area (Å²) >= 11 is 0. The molecule has 0 aliphatic carbocycles. The van der Waals surface area contributed by atoms with Gasteiger partial charge in [-0.05, 0) is 51.0 Å². The van der Waals surface area contributed by atoms with Gasteiger partial charge in [0, 0.05) is 11.3 Å². The van der Waals surface area contributed by atoms with Crippen LogP contribution < -0.4 is 0 Å². The van der Waals surface area contributed by atoms with Crippen molar-refractivity contribution in [1.29, 1.82) is 0 Å². The van der Waals surface area contributed by atoms with Gasteiger partial charge < -0.3 is 4.74 Å². The van der Waals surface area contributed by atoms with Crippen LogP contribution in [0, 0.1) is 27.7 Å². The molecule has 4 heteroatoms. The van der Waals surface area contributed by atoms with Gasteiger partial charge >= 0.3 is 5.97 Å². The Morgan fingerprint density at radius 2 is 1.75 bits per heavy atom. The molecule has 2 rings (SSSR count). The number of methoxy groups -OCH3 is 1. The zero-order valence-electron chi connectivity index (χ0n) is 12.7. The number of ether oxygens (including phenoxy) is 1. The van der Waals surface area contributed by atoms with Crippen molar-refractivity contribution >= 4 is 5.97 Å². The second kappa shape index (κ2) is 5.49. The van der Waals surface area contributed by atoms with Crippen LogP contribution in [0.3, 0.4) is 0 Å². The third-order valence-electron chi connectivity index (χ3n) is 3.44. The Hall–Kier alpha value is -2.10. The molecule has 20 heavy (non-hydrogen) atoms. The summed E-state index contributed by atoms with van der Waals surface area (Å²) in [6.07, 6.45) is 0.263. The van der Waals surface area contributed by atoms with E-state index < -0.39 is 0 Å². The monoisotopic (exact) mass is 272 g/mol. The van der Waals surface area contributed by atoms with E-state index in [1.807, 2.05) is 18.5 Å². The molecular formula is C16H20N2O2. The fraction of sp³-hybridized carbons (Fsp3) is 0.375. The zero-order valence-corrected chi connectivity index (χ0v) is 12.7. The molecule has 0 atom stereocenters. The Balaban J connectivity index is 2.48. The van der Waals surface area contributed by atoms with Gasteiger partial charge in [-0.1, -0.05) is 6.07 Å². The summed E-state index contributed by atoms with van der Waals surface area (Å²) in [5, 5.41) is 4.56. The summed E-state index contributed by atoms with van der Waals surface area (Å²) in [6.45, 7) is 8.04. The van der Waals surface area contributed by atoms with Crippen molar-refractivity contribution in [2.45, 2.75) is 34.1 Å². The van der Waals surface area contributed by atoms with Crippen molar-refractivity contribution in [3.63, 3.8) is 0 Å². The smallest absolute Gasteiger partial charge is 0.310 e. The minimum Gasteiger partial charge on any atom is -0.469 e. The fourth-order valence-corrected chi connectivity index (χ4v) is 2.47. The highest BCUT2D eigenvalue weighted by Crippen LogP contribution is 2.20. The van der Waals surface area contributed by atoms with Gasteiger partial charge in [-0.15, -0.1) is 0 Å². The van der Waals surface area contributed by atoms with Crippen molar-refractivity contribution in [2.75, 3.05) is 7.11 Å². The number of hydrogen-bond acceptors (Lipinski definition) is 3. The first-order valence-corrected chi connectivity index (χ1v) is 6.63. The lowest BCUT2D eigenvalue weighted by Gasteiger charge is -2.08. The lowest BCUT2D eigenvalue weighted by molar-refractivity contribution is -0.139. The van der Waals surface area contributed by atoms with E-state index in [2.05, 4.69) is 37.1 Å². The fourth-order valence-electron chi connectivity index (χ4n) is 2.47. The number of aromatic nitrogens is 2. The van der Waals surface area contributed by atoms with Crippen molar-refractivity contribution in [1.82, 2.24) is 9.78 Å². The molecule has 0 amide bonds. The quantitative estimate of drug-likeness (QED) is 0.807. The van der Waals surface area contributed by atoms with Gasteiger partial charge in [0.25, 0.3) is 0 Å². The molecule has 1 heterocycles. The molecule has 0 saturated carbocycles. The van der Waals surface area contributed by atoms with E-state index in [0.717, 1.165) is 22.6 Å². The number of aryl methyl sites for hydroxylation is 3. The Morgan fingerprint density at radius 3 is 2.30 bits per heavy atom. The lowest BCUT2D eigenvalue weighted by atomic mass is 10.1. The molecule has 0 aliphatic rings. The molecule has 1 aromatic heterocycles. The van der Waals surface area contributed by atoms with Crippen LogP contribution in [0.2, 0.25) is 0 Å². The first kappa shape index (κ1) is 14.3. The number of hydrogen-bond donors (Lipinski definition) is 0. The molecule has 0 spiro atoms. The summed E-state index contributed by atoms with van der Waals surface area (Å²) in [5.74, 6) is -0.240. The number of carbonyl (C=O) groups is 1. The standard InChI is InChI=1S/C16H20N2O2/c1-10-6-11(2)8-14(7-10)18-13(4)15(12(3)17-18)9-16(19)20-5/h6-8H,9H2,1-5H3. The van der Waals surface area contributed by atoms with E-state index >= 15 is 0 Å². The average molecular weight is 272 g/mol. The summed E-state index contributed by atoms with van der Waals surface area (Å²) in [5.41, 5.74) is 6.21. The summed E-state index contributed by atoms with van der Waals surface area (Å²) in [4.78, 5) is 11.5. The first-order valence-electron chi connectivity index (χ1n) is 6.63. The largest absolute Gasteiger partial charge is 0.469 e. The molecule has 2 aromatic rings. The number of rotatable bonds is 3. The first-order chi connectivity index (χ1) is 9.42. The number of esters is 1. The van der Waals surface area contributed by atoms with Crippen molar-refractivity contribution in [2.24, 2.45) is 0 Å². The van der Waals surface area contributed by atoms with Crippen LogP contribution in [0.1, 0.15) is 28.1 Å². The maximum absolute atomic E-state index is 11.5. The third-order valence-corrected chi connectivity index (χ3v) is 3.44. The van der Waals surface area contributed by atoms with E-state index in [0.29, 0.717) is 0 Å². The Labute approximate surface area is 119 Å².